The third kappa shape index (κ3) is 1.99. The van der Waals surface area contributed by atoms with E-state index < -0.39 is 5.60 Å². The lowest BCUT2D eigenvalue weighted by molar-refractivity contribution is 0.0559. The van der Waals surface area contributed by atoms with Gasteiger partial charge in [0.25, 0.3) is 0 Å². The normalized spacial score (nSPS) is 23.6. The molecule has 94 valence electrons. The summed E-state index contributed by atoms with van der Waals surface area (Å²) in [7, 11) is 0. The van der Waals surface area contributed by atoms with E-state index in [1.165, 1.54) is 0 Å². The smallest absolute Gasteiger partial charge is 0.129 e. The molecule has 1 aliphatic heterocycles. The molecule has 0 bridgehead atoms. The molecule has 0 saturated carbocycles. The number of halogens is 1. The summed E-state index contributed by atoms with van der Waals surface area (Å²) in [5.41, 5.74) is -0.357. The van der Waals surface area contributed by atoms with Gasteiger partial charge in [0, 0.05) is 23.6 Å². The van der Waals surface area contributed by atoms with Gasteiger partial charge in [-0.2, -0.15) is 15.4 Å². The first kappa shape index (κ1) is 11.6. The molecule has 1 atom stereocenters. The summed E-state index contributed by atoms with van der Waals surface area (Å²) < 4.78 is 0.942. The standard InChI is InChI=1S/C11H12BrN5O/c12-8-1-2-10(13-5-8)17-4-3-11(18,7-17)9-6-14-16-15-9/h1-2,5-6,18H,3-4,7H2,(H,14,15,16)/t11-/m0/s1. The van der Waals surface area contributed by atoms with Crippen LogP contribution in [0.15, 0.2) is 29.0 Å². The topological polar surface area (TPSA) is 77.9 Å². The van der Waals surface area contributed by atoms with Gasteiger partial charge in [-0.05, 0) is 28.1 Å². The lowest BCUT2D eigenvalue weighted by Gasteiger charge is -2.21. The predicted molar refractivity (Wildman–Crippen MR) is 69.0 cm³/mol. The second kappa shape index (κ2) is 4.33. The zero-order chi connectivity index (χ0) is 12.6. The highest BCUT2D eigenvalue weighted by atomic mass is 79.9. The number of β-amino-alcohol motifs (C(OH)–C–C–N with tert-alkyl or cyclic N) is 1. The molecule has 3 rings (SSSR count). The molecule has 18 heavy (non-hydrogen) atoms. The van der Waals surface area contributed by atoms with Crippen molar-refractivity contribution in [1.82, 2.24) is 20.4 Å². The van der Waals surface area contributed by atoms with E-state index in [9.17, 15) is 5.11 Å². The van der Waals surface area contributed by atoms with Crippen LogP contribution in [0.2, 0.25) is 0 Å². The largest absolute Gasteiger partial charge is 0.381 e. The maximum absolute atomic E-state index is 10.5. The minimum absolute atomic E-state index is 0.480. The van der Waals surface area contributed by atoms with Crippen molar-refractivity contribution in [2.45, 2.75) is 12.0 Å². The molecule has 6 nitrogen and oxygen atoms in total. The number of nitrogens with zero attached hydrogens (tertiary/aromatic N) is 4. The van der Waals surface area contributed by atoms with Crippen LogP contribution >= 0.6 is 15.9 Å². The number of pyridine rings is 1. The number of hydrogen-bond donors (Lipinski definition) is 2. The fraction of sp³-hybridized carbons (Fsp3) is 0.364. The number of aliphatic hydroxyl groups is 1. The first-order chi connectivity index (χ1) is 8.67. The minimum Gasteiger partial charge on any atom is -0.381 e. The Labute approximate surface area is 112 Å². The molecular formula is C11H12BrN5O. The zero-order valence-corrected chi connectivity index (χ0v) is 11.1. The fourth-order valence-corrected chi connectivity index (χ4v) is 2.41. The lowest BCUT2D eigenvalue weighted by Crippen LogP contribution is -2.31. The predicted octanol–water partition coefficient (Wildman–Crippen LogP) is 1.06. The summed E-state index contributed by atoms with van der Waals surface area (Å²) >= 11 is 3.36. The second-order valence-electron chi connectivity index (χ2n) is 4.39. The number of aromatic nitrogens is 4. The van der Waals surface area contributed by atoms with Crippen LogP contribution in [0.4, 0.5) is 5.82 Å². The Morgan fingerprint density at radius 2 is 2.28 bits per heavy atom. The van der Waals surface area contributed by atoms with E-state index in [-0.39, 0.29) is 0 Å². The number of hydrogen-bond acceptors (Lipinski definition) is 5. The van der Waals surface area contributed by atoms with Crippen molar-refractivity contribution in [2.75, 3.05) is 18.0 Å². The number of H-pyrrole nitrogens is 1. The molecule has 0 amide bonds. The molecule has 7 heteroatoms. The van der Waals surface area contributed by atoms with E-state index in [4.69, 9.17) is 0 Å². The van der Waals surface area contributed by atoms with Crippen LogP contribution in [-0.4, -0.2) is 38.6 Å². The van der Waals surface area contributed by atoms with Gasteiger partial charge in [0.15, 0.2) is 0 Å². The van der Waals surface area contributed by atoms with Crippen molar-refractivity contribution >= 4 is 21.7 Å². The second-order valence-corrected chi connectivity index (χ2v) is 5.31. The van der Waals surface area contributed by atoms with Gasteiger partial charge in [-0.3, -0.25) is 0 Å². The molecule has 0 aliphatic carbocycles. The van der Waals surface area contributed by atoms with Gasteiger partial charge in [0.2, 0.25) is 0 Å². The van der Waals surface area contributed by atoms with Crippen molar-refractivity contribution < 1.29 is 5.11 Å². The SMILES string of the molecule is O[C@@]1(c2cn[nH]n2)CCN(c2ccc(Br)cn2)C1. The van der Waals surface area contributed by atoms with Gasteiger partial charge >= 0.3 is 0 Å². The van der Waals surface area contributed by atoms with Crippen LogP contribution < -0.4 is 4.90 Å². The van der Waals surface area contributed by atoms with E-state index in [0.29, 0.717) is 18.7 Å². The van der Waals surface area contributed by atoms with Crippen LogP contribution in [0.25, 0.3) is 0 Å². The van der Waals surface area contributed by atoms with E-state index in [0.717, 1.165) is 16.8 Å². The molecule has 3 heterocycles. The number of aromatic amines is 1. The van der Waals surface area contributed by atoms with Gasteiger partial charge < -0.3 is 10.0 Å². The average Bonchev–Trinajstić information content (AvgIpc) is 3.00. The monoisotopic (exact) mass is 309 g/mol. The summed E-state index contributed by atoms with van der Waals surface area (Å²) in [5, 5.41) is 20.8. The van der Waals surface area contributed by atoms with Gasteiger partial charge in [-0.25, -0.2) is 4.98 Å². The molecule has 0 unspecified atom stereocenters. The zero-order valence-electron chi connectivity index (χ0n) is 9.54. The molecule has 1 fully saturated rings. The average molecular weight is 310 g/mol. The highest BCUT2D eigenvalue weighted by Crippen LogP contribution is 2.32. The molecule has 1 saturated heterocycles. The maximum Gasteiger partial charge on any atom is 0.129 e. The highest BCUT2D eigenvalue weighted by molar-refractivity contribution is 9.10. The van der Waals surface area contributed by atoms with Crippen molar-refractivity contribution in [1.29, 1.82) is 0 Å². The number of rotatable bonds is 2. The van der Waals surface area contributed by atoms with E-state index in [1.807, 2.05) is 17.0 Å². The quantitative estimate of drug-likeness (QED) is 0.867. The molecule has 0 radical (unpaired) electrons. The van der Waals surface area contributed by atoms with Crippen molar-refractivity contribution in [3.63, 3.8) is 0 Å². The Morgan fingerprint density at radius 3 is 2.94 bits per heavy atom. The number of nitrogens with one attached hydrogen (secondary N) is 1. The summed E-state index contributed by atoms with van der Waals surface area (Å²) in [6, 6.07) is 3.87. The molecule has 0 aromatic carbocycles. The van der Waals surface area contributed by atoms with E-state index in [2.05, 4.69) is 36.3 Å². The Kier molecular flexibility index (Phi) is 2.79. The fourth-order valence-electron chi connectivity index (χ4n) is 2.18. The third-order valence-electron chi connectivity index (χ3n) is 3.18. The highest BCUT2D eigenvalue weighted by Gasteiger charge is 2.40. The van der Waals surface area contributed by atoms with Gasteiger partial charge in [-0.1, -0.05) is 0 Å². The Morgan fingerprint density at radius 1 is 1.39 bits per heavy atom. The molecular weight excluding hydrogens is 298 g/mol. The summed E-state index contributed by atoms with van der Waals surface area (Å²) in [6.07, 6.45) is 3.94. The molecule has 2 aromatic rings. The van der Waals surface area contributed by atoms with E-state index in [1.54, 1.807) is 12.4 Å². The summed E-state index contributed by atoms with van der Waals surface area (Å²) in [6.45, 7) is 1.23. The first-order valence-corrected chi connectivity index (χ1v) is 6.42. The van der Waals surface area contributed by atoms with Crippen LogP contribution in [0, 0.1) is 0 Å². The lowest BCUT2D eigenvalue weighted by atomic mass is 10.0. The van der Waals surface area contributed by atoms with Crippen molar-refractivity contribution in [2.24, 2.45) is 0 Å². The van der Waals surface area contributed by atoms with Gasteiger partial charge in [0.1, 0.15) is 17.1 Å². The Balaban J connectivity index is 1.81. The Bertz CT molecular complexity index is 529. The van der Waals surface area contributed by atoms with Crippen molar-refractivity contribution in [3.8, 4) is 0 Å². The summed E-state index contributed by atoms with van der Waals surface area (Å²) in [5.74, 6) is 0.859. The van der Waals surface area contributed by atoms with E-state index >= 15 is 0 Å². The molecule has 2 N–H and O–H groups in total. The Hall–Kier alpha value is -1.47. The molecule has 1 aliphatic rings. The van der Waals surface area contributed by atoms with Crippen LogP contribution in [-0.2, 0) is 5.60 Å². The van der Waals surface area contributed by atoms with Gasteiger partial charge in [0.05, 0.1) is 12.7 Å². The summed E-state index contributed by atoms with van der Waals surface area (Å²) in [4.78, 5) is 6.37. The van der Waals surface area contributed by atoms with Crippen LogP contribution in [0.3, 0.4) is 0 Å². The van der Waals surface area contributed by atoms with Crippen LogP contribution in [0.1, 0.15) is 12.1 Å². The molecule has 0 spiro atoms. The minimum atomic E-state index is -0.943. The van der Waals surface area contributed by atoms with Crippen molar-refractivity contribution in [3.05, 3.63) is 34.7 Å². The van der Waals surface area contributed by atoms with Crippen LogP contribution in [0.5, 0.6) is 0 Å². The molecule has 2 aromatic heterocycles. The van der Waals surface area contributed by atoms with Gasteiger partial charge in [-0.15, -0.1) is 0 Å². The third-order valence-corrected chi connectivity index (χ3v) is 3.64. The number of anilines is 1. The maximum atomic E-state index is 10.5. The first-order valence-electron chi connectivity index (χ1n) is 5.62.